The molecule has 0 radical (unpaired) electrons. The van der Waals surface area contributed by atoms with E-state index in [1.807, 2.05) is 0 Å². The number of ether oxygens (including phenoxy) is 2. The van der Waals surface area contributed by atoms with E-state index in [0.717, 1.165) is 31.4 Å². The number of carbonyl (C=O) groups excluding carboxylic acids is 2. The maximum absolute atomic E-state index is 12.3. The molecule has 2 rings (SSSR count). The first-order valence-electron chi connectivity index (χ1n) is 9.40. The zero-order valence-corrected chi connectivity index (χ0v) is 18.1. The number of aromatic hydroxyl groups is 1. The predicted octanol–water partition coefficient (Wildman–Crippen LogP) is 1.86. The van der Waals surface area contributed by atoms with Gasteiger partial charge in [0.05, 0.1) is 12.0 Å². The van der Waals surface area contributed by atoms with Crippen molar-refractivity contribution < 1.29 is 45.8 Å². The van der Waals surface area contributed by atoms with Gasteiger partial charge in [0.2, 0.25) is 15.9 Å². The van der Waals surface area contributed by atoms with Crippen molar-refractivity contribution >= 4 is 21.9 Å². The second-order valence-electron chi connectivity index (χ2n) is 6.68. The van der Waals surface area contributed by atoms with Gasteiger partial charge in [0.25, 0.3) is 0 Å². The Morgan fingerprint density at radius 1 is 1.06 bits per heavy atom. The summed E-state index contributed by atoms with van der Waals surface area (Å²) in [5, 5.41) is 11.8. The van der Waals surface area contributed by atoms with E-state index in [2.05, 4.69) is 19.5 Å². The van der Waals surface area contributed by atoms with E-state index in [-0.39, 0.29) is 30.0 Å². The molecule has 0 aliphatic rings. The van der Waals surface area contributed by atoms with E-state index in [1.165, 1.54) is 12.1 Å². The molecule has 1 amide bonds. The standard InChI is InChI=1S/C20H21F3N2O7S/c1-31-19(28)17(12-13-2-4-14(26)5-3-13)25-18(27)10-11-24-33(29,30)16-8-6-15(7-9-16)32-20(21,22)23/h2-9,17,24,26H,10-12H2,1H3,(H,25,27)/t17-/m0/s1. The highest BCUT2D eigenvalue weighted by Gasteiger charge is 2.31. The van der Waals surface area contributed by atoms with Crippen molar-refractivity contribution in [2.45, 2.75) is 30.1 Å². The number of phenols is 1. The fourth-order valence-electron chi connectivity index (χ4n) is 2.67. The van der Waals surface area contributed by atoms with Crippen molar-refractivity contribution in [1.29, 1.82) is 0 Å². The zero-order valence-electron chi connectivity index (χ0n) is 17.3. The van der Waals surface area contributed by atoms with Gasteiger partial charge in [0, 0.05) is 19.4 Å². The Labute approximate surface area is 187 Å². The van der Waals surface area contributed by atoms with Crippen LogP contribution in [-0.4, -0.2) is 51.5 Å². The van der Waals surface area contributed by atoms with Crippen LogP contribution in [0.1, 0.15) is 12.0 Å². The Hall–Kier alpha value is -3.32. The molecule has 0 aliphatic carbocycles. The fraction of sp³-hybridized carbons (Fsp3) is 0.300. The Kier molecular flexibility index (Phi) is 8.65. The molecule has 33 heavy (non-hydrogen) atoms. The van der Waals surface area contributed by atoms with Gasteiger partial charge in [-0.2, -0.15) is 0 Å². The molecule has 2 aromatic carbocycles. The number of methoxy groups -OCH3 is 1. The molecule has 0 bridgehead atoms. The first-order chi connectivity index (χ1) is 15.4. The van der Waals surface area contributed by atoms with Crippen LogP contribution in [0, 0.1) is 0 Å². The van der Waals surface area contributed by atoms with Crippen LogP contribution in [0.3, 0.4) is 0 Å². The summed E-state index contributed by atoms with van der Waals surface area (Å²) in [7, 11) is -2.95. The lowest BCUT2D eigenvalue weighted by atomic mass is 10.1. The minimum Gasteiger partial charge on any atom is -0.508 e. The van der Waals surface area contributed by atoms with Crippen LogP contribution in [0.5, 0.6) is 11.5 Å². The molecule has 2 aromatic rings. The van der Waals surface area contributed by atoms with Gasteiger partial charge in [-0.15, -0.1) is 13.2 Å². The van der Waals surface area contributed by atoms with Gasteiger partial charge in [-0.1, -0.05) is 12.1 Å². The van der Waals surface area contributed by atoms with Gasteiger partial charge in [-0.3, -0.25) is 4.79 Å². The molecule has 13 heteroatoms. The summed E-state index contributed by atoms with van der Waals surface area (Å²) in [5.74, 6) is -1.89. The minimum absolute atomic E-state index is 0.0344. The number of carbonyl (C=O) groups is 2. The van der Waals surface area contributed by atoms with Crippen LogP contribution in [0.15, 0.2) is 53.4 Å². The molecule has 0 heterocycles. The van der Waals surface area contributed by atoms with Gasteiger partial charge in [-0.05, 0) is 42.0 Å². The molecule has 0 spiro atoms. The van der Waals surface area contributed by atoms with E-state index in [1.54, 1.807) is 12.1 Å². The van der Waals surface area contributed by atoms with Crippen LogP contribution in [-0.2, 0) is 30.8 Å². The van der Waals surface area contributed by atoms with Gasteiger partial charge >= 0.3 is 12.3 Å². The molecule has 0 fully saturated rings. The lowest BCUT2D eigenvalue weighted by Gasteiger charge is -2.17. The summed E-state index contributed by atoms with van der Waals surface area (Å²) in [6.07, 6.45) is -5.15. The number of rotatable bonds is 10. The van der Waals surface area contributed by atoms with E-state index >= 15 is 0 Å². The first kappa shape index (κ1) is 25.9. The highest BCUT2D eigenvalue weighted by Crippen LogP contribution is 2.23. The third-order valence-electron chi connectivity index (χ3n) is 4.21. The molecule has 0 saturated heterocycles. The van der Waals surface area contributed by atoms with E-state index in [0.29, 0.717) is 5.56 Å². The number of amides is 1. The number of hydrogen-bond acceptors (Lipinski definition) is 7. The third-order valence-corrected chi connectivity index (χ3v) is 5.69. The normalized spacial score (nSPS) is 12.6. The van der Waals surface area contributed by atoms with Crippen molar-refractivity contribution in [3.05, 3.63) is 54.1 Å². The first-order valence-corrected chi connectivity index (χ1v) is 10.9. The number of halogens is 3. The van der Waals surface area contributed by atoms with Gasteiger partial charge in [-0.25, -0.2) is 17.9 Å². The summed E-state index contributed by atoms with van der Waals surface area (Å²) < 4.78 is 71.6. The molecule has 0 unspecified atom stereocenters. The van der Waals surface area contributed by atoms with Gasteiger partial charge < -0.3 is 19.9 Å². The monoisotopic (exact) mass is 490 g/mol. The Morgan fingerprint density at radius 3 is 2.21 bits per heavy atom. The average Bonchev–Trinajstić information content (AvgIpc) is 2.73. The van der Waals surface area contributed by atoms with Crippen molar-refractivity contribution in [2.24, 2.45) is 0 Å². The van der Waals surface area contributed by atoms with Crippen molar-refractivity contribution in [3.8, 4) is 11.5 Å². The van der Waals surface area contributed by atoms with Crippen LogP contribution >= 0.6 is 0 Å². The summed E-state index contributed by atoms with van der Waals surface area (Å²) in [6.45, 7) is -0.331. The summed E-state index contributed by atoms with van der Waals surface area (Å²) in [5.41, 5.74) is 0.641. The smallest absolute Gasteiger partial charge is 0.508 e. The highest BCUT2D eigenvalue weighted by molar-refractivity contribution is 7.89. The molecule has 9 nitrogen and oxygen atoms in total. The fourth-order valence-corrected chi connectivity index (χ4v) is 3.70. The number of phenolic OH excluding ortho intramolecular Hbond substituents is 1. The zero-order chi connectivity index (χ0) is 24.6. The molecule has 0 aromatic heterocycles. The van der Waals surface area contributed by atoms with E-state index in [4.69, 9.17) is 0 Å². The number of nitrogens with one attached hydrogen (secondary N) is 2. The maximum Gasteiger partial charge on any atom is 0.573 e. The Bertz CT molecular complexity index is 1060. The summed E-state index contributed by atoms with van der Waals surface area (Å²) in [4.78, 5) is 23.9. The third kappa shape index (κ3) is 8.61. The molecule has 180 valence electrons. The van der Waals surface area contributed by atoms with Crippen LogP contribution in [0.4, 0.5) is 13.2 Å². The Balaban J connectivity index is 1.91. The molecule has 0 saturated carbocycles. The van der Waals surface area contributed by atoms with Gasteiger partial charge in [0.15, 0.2) is 0 Å². The minimum atomic E-state index is -4.91. The van der Waals surface area contributed by atoms with Crippen molar-refractivity contribution in [3.63, 3.8) is 0 Å². The van der Waals surface area contributed by atoms with Crippen molar-refractivity contribution in [1.82, 2.24) is 10.0 Å². The predicted molar refractivity (Wildman–Crippen MR) is 109 cm³/mol. The van der Waals surface area contributed by atoms with Crippen LogP contribution in [0.25, 0.3) is 0 Å². The average molecular weight is 490 g/mol. The topological polar surface area (TPSA) is 131 Å². The lowest BCUT2D eigenvalue weighted by molar-refractivity contribution is -0.274. The molecule has 3 N–H and O–H groups in total. The Morgan fingerprint density at radius 2 is 1.67 bits per heavy atom. The van der Waals surface area contributed by atoms with Gasteiger partial charge in [0.1, 0.15) is 17.5 Å². The molecular formula is C20H21F3N2O7S. The molecular weight excluding hydrogens is 469 g/mol. The molecule has 0 aliphatic heterocycles. The number of hydrogen-bond donors (Lipinski definition) is 3. The lowest BCUT2D eigenvalue weighted by Crippen LogP contribution is -2.44. The maximum atomic E-state index is 12.3. The second-order valence-corrected chi connectivity index (χ2v) is 8.45. The summed E-state index contributed by atoms with van der Waals surface area (Å²) in [6, 6.07) is 8.47. The quantitative estimate of drug-likeness (QED) is 0.433. The number of esters is 1. The number of alkyl halides is 3. The van der Waals surface area contributed by atoms with Crippen LogP contribution < -0.4 is 14.8 Å². The number of sulfonamides is 1. The van der Waals surface area contributed by atoms with Crippen LogP contribution in [0.2, 0.25) is 0 Å². The summed E-state index contributed by atoms with van der Waals surface area (Å²) >= 11 is 0. The highest BCUT2D eigenvalue weighted by atomic mass is 32.2. The largest absolute Gasteiger partial charge is 0.573 e. The van der Waals surface area contributed by atoms with E-state index in [9.17, 15) is 36.3 Å². The number of benzene rings is 2. The molecule has 1 atom stereocenters. The second kappa shape index (κ2) is 11.0. The van der Waals surface area contributed by atoms with Crippen molar-refractivity contribution in [2.75, 3.05) is 13.7 Å². The van der Waals surface area contributed by atoms with E-state index < -0.39 is 40.1 Å². The SMILES string of the molecule is COC(=O)[C@H](Cc1ccc(O)cc1)NC(=O)CCNS(=O)(=O)c1ccc(OC(F)(F)F)cc1.